The molecule has 8 heteroatoms. The zero-order valence-corrected chi connectivity index (χ0v) is 12.4. The summed E-state index contributed by atoms with van der Waals surface area (Å²) in [6.45, 7) is 1.72. The molecule has 0 bridgehead atoms. The predicted molar refractivity (Wildman–Crippen MR) is 73.6 cm³/mol. The molecule has 1 aromatic rings. The van der Waals surface area contributed by atoms with Crippen LogP contribution in [0.5, 0.6) is 5.75 Å². The molecule has 1 aliphatic rings. The van der Waals surface area contributed by atoms with Crippen molar-refractivity contribution in [2.24, 2.45) is 5.92 Å². The van der Waals surface area contributed by atoms with E-state index in [-0.39, 0.29) is 31.7 Å². The summed E-state index contributed by atoms with van der Waals surface area (Å²) in [6.07, 6.45) is -1.60. The van der Waals surface area contributed by atoms with E-state index in [2.05, 4.69) is 4.74 Å². The number of benzene rings is 1. The normalized spacial score (nSPS) is 18.8. The lowest BCUT2D eigenvalue weighted by atomic mass is 10.0. The van der Waals surface area contributed by atoms with Gasteiger partial charge < -0.3 is 14.7 Å². The van der Waals surface area contributed by atoms with Gasteiger partial charge in [0.1, 0.15) is 0 Å². The van der Waals surface area contributed by atoms with Gasteiger partial charge in [-0.05, 0) is 25.5 Å². The van der Waals surface area contributed by atoms with Gasteiger partial charge in [0.2, 0.25) is 6.17 Å². The second-order valence-corrected chi connectivity index (χ2v) is 5.24. The number of hydrogen-bond donors (Lipinski definition) is 1. The molecule has 5 nitrogen and oxygen atoms in total. The number of phenols is 1. The van der Waals surface area contributed by atoms with Gasteiger partial charge in [0.15, 0.2) is 17.4 Å². The maximum absolute atomic E-state index is 13.9. The molecule has 1 amide bonds. The molecule has 0 aromatic heterocycles. The summed E-state index contributed by atoms with van der Waals surface area (Å²) < 4.78 is 45.1. The summed E-state index contributed by atoms with van der Waals surface area (Å²) in [7, 11) is 0. The number of esters is 1. The lowest BCUT2D eigenvalue weighted by Gasteiger charge is -2.18. The highest BCUT2D eigenvalue weighted by molar-refractivity contribution is 5.94. The lowest BCUT2D eigenvalue weighted by Crippen LogP contribution is -2.33. The first-order chi connectivity index (χ1) is 10.8. The van der Waals surface area contributed by atoms with E-state index in [0.29, 0.717) is 12.1 Å². The SMILES string of the molecule is CCOC(=O)C(F)C1CCN(C(=O)c2cc(F)c(O)c(F)c2)C1. The third-order valence-electron chi connectivity index (χ3n) is 3.70. The van der Waals surface area contributed by atoms with E-state index in [4.69, 9.17) is 5.11 Å². The maximum Gasteiger partial charge on any atom is 0.341 e. The van der Waals surface area contributed by atoms with Crippen LogP contribution >= 0.6 is 0 Å². The van der Waals surface area contributed by atoms with Crippen LogP contribution < -0.4 is 0 Å². The van der Waals surface area contributed by atoms with Gasteiger partial charge in [0.05, 0.1) is 6.61 Å². The molecule has 23 heavy (non-hydrogen) atoms. The van der Waals surface area contributed by atoms with Crippen molar-refractivity contribution in [3.05, 3.63) is 29.3 Å². The van der Waals surface area contributed by atoms with Gasteiger partial charge >= 0.3 is 5.97 Å². The Kier molecular flexibility index (Phi) is 5.12. The van der Waals surface area contributed by atoms with Crippen molar-refractivity contribution < 1.29 is 32.6 Å². The Balaban J connectivity index is 2.07. The molecule has 0 saturated carbocycles. The van der Waals surface area contributed by atoms with Crippen molar-refractivity contribution in [3.63, 3.8) is 0 Å². The van der Waals surface area contributed by atoms with Crippen LogP contribution in [0.1, 0.15) is 23.7 Å². The van der Waals surface area contributed by atoms with Gasteiger partial charge in [-0.2, -0.15) is 0 Å². The summed E-state index contributed by atoms with van der Waals surface area (Å²) in [6, 6.07) is 1.43. The number of carbonyl (C=O) groups is 2. The van der Waals surface area contributed by atoms with Gasteiger partial charge in [-0.25, -0.2) is 18.0 Å². The lowest BCUT2D eigenvalue weighted by molar-refractivity contribution is -0.151. The van der Waals surface area contributed by atoms with Crippen molar-refractivity contribution in [1.29, 1.82) is 0 Å². The van der Waals surface area contributed by atoms with Gasteiger partial charge in [0, 0.05) is 24.6 Å². The fourth-order valence-corrected chi connectivity index (χ4v) is 2.50. The number of nitrogens with zero attached hydrogens (tertiary/aromatic N) is 1. The topological polar surface area (TPSA) is 66.8 Å². The largest absolute Gasteiger partial charge is 0.503 e. The molecule has 1 heterocycles. The molecule has 0 radical (unpaired) electrons. The Bertz CT molecular complexity index is 600. The van der Waals surface area contributed by atoms with Gasteiger partial charge in [0.25, 0.3) is 5.91 Å². The number of carbonyl (C=O) groups excluding carboxylic acids is 2. The summed E-state index contributed by atoms with van der Waals surface area (Å²) in [4.78, 5) is 24.8. The second kappa shape index (κ2) is 6.89. The molecule has 1 N–H and O–H groups in total. The minimum atomic E-state index is -1.85. The summed E-state index contributed by atoms with van der Waals surface area (Å²) in [5, 5.41) is 9.03. The minimum absolute atomic E-state index is 0.0526. The molecule has 0 aliphatic carbocycles. The van der Waals surface area contributed by atoms with Crippen LogP contribution in [0.25, 0.3) is 0 Å². The van der Waals surface area contributed by atoms with Crippen LogP contribution in [-0.2, 0) is 9.53 Å². The Labute approximate surface area is 130 Å². The molecule has 1 aliphatic heterocycles. The van der Waals surface area contributed by atoms with Crippen LogP contribution in [0.2, 0.25) is 0 Å². The van der Waals surface area contributed by atoms with Crippen molar-refractivity contribution >= 4 is 11.9 Å². The Morgan fingerprint density at radius 1 is 1.39 bits per heavy atom. The predicted octanol–water partition coefficient (Wildman–Crippen LogP) is 2.03. The van der Waals surface area contributed by atoms with Gasteiger partial charge in [-0.3, -0.25) is 4.79 Å². The fraction of sp³-hybridized carbons (Fsp3) is 0.467. The second-order valence-electron chi connectivity index (χ2n) is 5.24. The highest BCUT2D eigenvalue weighted by Gasteiger charge is 2.37. The van der Waals surface area contributed by atoms with E-state index in [1.54, 1.807) is 6.92 Å². The summed E-state index contributed by atoms with van der Waals surface area (Å²) in [5.74, 6) is -6.05. The molecule has 1 fully saturated rings. The molecule has 2 rings (SSSR count). The van der Waals surface area contributed by atoms with Gasteiger partial charge in [-0.1, -0.05) is 0 Å². The molecule has 1 aromatic carbocycles. The number of aromatic hydroxyl groups is 1. The first-order valence-electron chi connectivity index (χ1n) is 7.13. The zero-order valence-electron chi connectivity index (χ0n) is 12.4. The third kappa shape index (κ3) is 3.57. The standard InChI is InChI=1S/C15H16F3NO4/c1-2-23-15(22)12(18)8-3-4-19(7-8)14(21)9-5-10(16)13(20)11(17)6-9/h5-6,8,12,20H,2-4,7H2,1H3. The number of halogens is 3. The molecular formula is C15H16F3NO4. The number of amides is 1. The monoisotopic (exact) mass is 331 g/mol. The molecule has 126 valence electrons. The number of rotatable bonds is 4. The van der Waals surface area contributed by atoms with E-state index in [9.17, 15) is 22.8 Å². The van der Waals surface area contributed by atoms with Crippen LogP contribution in [0, 0.1) is 17.6 Å². The molecule has 0 spiro atoms. The first kappa shape index (κ1) is 17.1. The van der Waals surface area contributed by atoms with Crippen LogP contribution in [0.4, 0.5) is 13.2 Å². The molecular weight excluding hydrogens is 315 g/mol. The molecule has 1 saturated heterocycles. The van der Waals surface area contributed by atoms with Crippen molar-refractivity contribution in [1.82, 2.24) is 4.90 Å². The highest BCUT2D eigenvalue weighted by Crippen LogP contribution is 2.26. The number of likely N-dealkylation sites (tertiary alicyclic amines) is 1. The van der Waals surface area contributed by atoms with E-state index >= 15 is 0 Å². The number of alkyl halides is 1. The number of phenolic OH excluding ortho intramolecular Hbond substituents is 1. The molecule has 2 unspecified atom stereocenters. The average Bonchev–Trinajstić information content (AvgIpc) is 3.00. The van der Waals surface area contributed by atoms with E-state index in [1.807, 2.05) is 0 Å². The van der Waals surface area contributed by atoms with Crippen molar-refractivity contribution in [2.45, 2.75) is 19.5 Å². The zero-order chi connectivity index (χ0) is 17.1. The Hall–Kier alpha value is -2.25. The summed E-state index contributed by atoms with van der Waals surface area (Å²) >= 11 is 0. The summed E-state index contributed by atoms with van der Waals surface area (Å²) in [5.41, 5.74) is -0.287. The van der Waals surface area contributed by atoms with Crippen LogP contribution in [-0.4, -0.2) is 47.8 Å². The highest BCUT2D eigenvalue weighted by atomic mass is 19.1. The van der Waals surface area contributed by atoms with Crippen molar-refractivity contribution in [3.8, 4) is 5.75 Å². The average molecular weight is 331 g/mol. The smallest absolute Gasteiger partial charge is 0.341 e. The first-order valence-corrected chi connectivity index (χ1v) is 7.13. The Morgan fingerprint density at radius 3 is 2.57 bits per heavy atom. The van der Waals surface area contributed by atoms with E-state index in [0.717, 1.165) is 0 Å². The quantitative estimate of drug-likeness (QED) is 0.858. The maximum atomic E-state index is 13.9. The van der Waals surface area contributed by atoms with Crippen LogP contribution in [0.3, 0.4) is 0 Å². The number of hydrogen-bond acceptors (Lipinski definition) is 4. The van der Waals surface area contributed by atoms with Gasteiger partial charge in [-0.15, -0.1) is 0 Å². The number of ether oxygens (including phenoxy) is 1. The fourth-order valence-electron chi connectivity index (χ4n) is 2.50. The molecule has 2 atom stereocenters. The third-order valence-corrected chi connectivity index (χ3v) is 3.70. The Morgan fingerprint density at radius 2 is 2.00 bits per heavy atom. The van der Waals surface area contributed by atoms with E-state index < -0.39 is 41.4 Å². The van der Waals surface area contributed by atoms with Crippen molar-refractivity contribution in [2.75, 3.05) is 19.7 Å². The minimum Gasteiger partial charge on any atom is -0.503 e. The van der Waals surface area contributed by atoms with E-state index in [1.165, 1.54) is 4.90 Å². The van der Waals surface area contributed by atoms with Crippen LogP contribution in [0.15, 0.2) is 12.1 Å².